The lowest BCUT2D eigenvalue weighted by Gasteiger charge is -2.04. The van der Waals surface area contributed by atoms with E-state index in [1.165, 1.54) is 6.42 Å². The largest absolute Gasteiger partial charge is 0.333 e. The quantitative estimate of drug-likeness (QED) is 0.627. The van der Waals surface area contributed by atoms with Crippen molar-refractivity contribution in [3.8, 4) is 0 Å². The number of unbranched alkanes of at least 4 members (excludes halogenated alkanes) is 1. The fraction of sp³-hybridized carbons (Fsp3) is 0.727. The molecule has 0 bridgehead atoms. The van der Waals surface area contributed by atoms with Gasteiger partial charge in [0.1, 0.15) is 0 Å². The summed E-state index contributed by atoms with van der Waals surface area (Å²) in [6, 6.07) is 0. The van der Waals surface area contributed by atoms with E-state index < -0.39 is 0 Å². The van der Waals surface area contributed by atoms with E-state index in [0.29, 0.717) is 0 Å². The van der Waals surface area contributed by atoms with Crippen LogP contribution < -0.4 is 5.32 Å². The minimum atomic E-state index is 0.786. The maximum Gasteiger partial charge on any atom is 0.211 e. The molecule has 0 aromatic rings. The van der Waals surface area contributed by atoms with Crippen LogP contribution in [-0.4, -0.2) is 6.41 Å². The van der Waals surface area contributed by atoms with Crippen LogP contribution in [0.25, 0.3) is 0 Å². The van der Waals surface area contributed by atoms with Crippen LogP contribution in [0.2, 0.25) is 0 Å². The van der Waals surface area contributed by atoms with Crippen LogP contribution in [-0.2, 0) is 4.79 Å². The molecule has 2 atom stereocenters. The molecule has 0 saturated heterocycles. The van der Waals surface area contributed by atoms with Gasteiger partial charge >= 0.3 is 0 Å². The molecule has 1 aliphatic rings. The maximum atomic E-state index is 10.3. The monoisotopic (exact) mass is 181 g/mol. The fourth-order valence-corrected chi connectivity index (χ4v) is 1.56. The lowest BCUT2D eigenvalue weighted by Crippen LogP contribution is -2.11. The summed E-state index contributed by atoms with van der Waals surface area (Å²) in [7, 11) is 0. The Kier molecular flexibility index (Phi) is 4.00. The van der Waals surface area contributed by atoms with Crippen molar-refractivity contribution in [2.24, 2.45) is 11.8 Å². The van der Waals surface area contributed by atoms with Gasteiger partial charge in [-0.15, -0.1) is 0 Å². The second-order valence-corrected chi connectivity index (χ2v) is 3.96. The number of hydrogen-bond acceptors (Lipinski definition) is 1. The SMILES string of the molecule is CCC/C=C(\CC1CC1C)NC=O. The second-order valence-electron chi connectivity index (χ2n) is 3.96. The van der Waals surface area contributed by atoms with Crippen molar-refractivity contribution in [1.82, 2.24) is 5.32 Å². The number of carbonyl (C=O) groups excluding carboxylic acids is 1. The van der Waals surface area contributed by atoms with Gasteiger partial charge in [0.15, 0.2) is 0 Å². The van der Waals surface area contributed by atoms with E-state index in [1.807, 2.05) is 0 Å². The fourth-order valence-electron chi connectivity index (χ4n) is 1.56. The van der Waals surface area contributed by atoms with E-state index in [0.717, 1.165) is 43.2 Å². The molecule has 0 heterocycles. The Hall–Kier alpha value is -0.790. The summed E-state index contributed by atoms with van der Waals surface area (Å²) in [6.45, 7) is 4.41. The average Bonchev–Trinajstić information content (AvgIpc) is 2.78. The number of amides is 1. The molecule has 2 nitrogen and oxygen atoms in total. The third kappa shape index (κ3) is 3.62. The first-order valence-electron chi connectivity index (χ1n) is 5.17. The zero-order valence-corrected chi connectivity index (χ0v) is 8.55. The van der Waals surface area contributed by atoms with Crippen molar-refractivity contribution in [1.29, 1.82) is 0 Å². The third-order valence-corrected chi connectivity index (χ3v) is 2.68. The van der Waals surface area contributed by atoms with Crippen LogP contribution in [0.4, 0.5) is 0 Å². The van der Waals surface area contributed by atoms with Crippen molar-refractivity contribution in [3.63, 3.8) is 0 Å². The van der Waals surface area contributed by atoms with Crippen molar-refractivity contribution in [3.05, 3.63) is 11.8 Å². The van der Waals surface area contributed by atoms with Crippen LogP contribution in [0.3, 0.4) is 0 Å². The number of rotatable bonds is 6. The van der Waals surface area contributed by atoms with Gasteiger partial charge in [0.05, 0.1) is 0 Å². The molecule has 1 aliphatic carbocycles. The molecular formula is C11H19NO. The Labute approximate surface area is 80.4 Å². The minimum Gasteiger partial charge on any atom is -0.333 e. The average molecular weight is 181 g/mol. The molecule has 0 spiro atoms. The highest BCUT2D eigenvalue weighted by atomic mass is 16.1. The Bertz CT molecular complexity index is 198. The van der Waals surface area contributed by atoms with Crippen LogP contribution in [0.5, 0.6) is 0 Å². The highest BCUT2D eigenvalue weighted by Crippen LogP contribution is 2.41. The molecule has 13 heavy (non-hydrogen) atoms. The lowest BCUT2D eigenvalue weighted by atomic mass is 10.1. The van der Waals surface area contributed by atoms with E-state index in [1.54, 1.807) is 0 Å². The summed E-state index contributed by atoms with van der Waals surface area (Å²) in [6.07, 6.45) is 7.53. The topological polar surface area (TPSA) is 29.1 Å². The smallest absolute Gasteiger partial charge is 0.211 e. The summed E-state index contributed by atoms with van der Waals surface area (Å²) in [4.78, 5) is 10.3. The molecule has 2 heteroatoms. The molecule has 0 aliphatic heterocycles. The molecule has 1 saturated carbocycles. The molecule has 74 valence electrons. The van der Waals surface area contributed by atoms with Crippen molar-refractivity contribution in [2.45, 2.75) is 39.5 Å². The summed E-state index contributed by atoms with van der Waals surface area (Å²) in [5.41, 5.74) is 1.12. The second kappa shape index (κ2) is 5.05. The van der Waals surface area contributed by atoms with Crippen molar-refractivity contribution < 1.29 is 4.79 Å². The maximum absolute atomic E-state index is 10.3. The molecule has 0 radical (unpaired) electrons. The zero-order valence-electron chi connectivity index (χ0n) is 8.55. The van der Waals surface area contributed by atoms with Gasteiger partial charge in [-0.25, -0.2) is 0 Å². The van der Waals surface area contributed by atoms with Gasteiger partial charge in [-0.3, -0.25) is 4.79 Å². The third-order valence-electron chi connectivity index (χ3n) is 2.68. The highest BCUT2D eigenvalue weighted by molar-refractivity contribution is 5.50. The molecule has 0 aromatic heterocycles. The van der Waals surface area contributed by atoms with Gasteiger partial charge in [-0.2, -0.15) is 0 Å². The highest BCUT2D eigenvalue weighted by Gasteiger charge is 2.32. The summed E-state index contributed by atoms with van der Waals surface area (Å²) in [5.74, 6) is 1.68. The zero-order chi connectivity index (χ0) is 9.68. The van der Waals surface area contributed by atoms with Crippen molar-refractivity contribution in [2.75, 3.05) is 0 Å². The molecule has 1 fully saturated rings. The number of allylic oxidation sites excluding steroid dienone is 2. The van der Waals surface area contributed by atoms with Crippen molar-refractivity contribution >= 4 is 6.41 Å². The Morgan fingerprint density at radius 3 is 2.77 bits per heavy atom. The van der Waals surface area contributed by atoms with Crippen LogP contribution in [0.15, 0.2) is 11.8 Å². The molecule has 2 unspecified atom stereocenters. The normalized spacial score (nSPS) is 27.1. The Morgan fingerprint density at radius 2 is 2.31 bits per heavy atom. The number of carbonyl (C=O) groups is 1. The Balaban J connectivity index is 2.32. The van der Waals surface area contributed by atoms with Gasteiger partial charge in [0.2, 0.25) is 6.41 Å². The first-order valence-corrected chi connectivity index (χ1v) is 5.17. The van der Waals surface area contributed by atoms with Gasteiger partial charge < -0.3 is 5.32 Å². The minimum absolute atomic E-state index is 0.786. The predicted octanol–water partition coefficient (Wildman–Crippen LogP) is 2.46. The van der Waals surface area contributed by atoms with Gasteiger partial charge in [-0.1, -0.05) is 26.3 Å². The standard InChI is InChI=1S/C11H19NO/c1-3-4-5-11(12-8-13)7-10-6-9(10)2/h5,8-10H,3-4,6-7H2,1-2H3,(H,12,13)/b11-5+. The summed E-state index contributed by atoms with van der Waals surface area (Å²) in [5, 5.41) is 2.79. The molecular weight excluding hydrogens is 162 g/mol. The lowest BCUT2D eigenvalue weighted by molar-refractivity contribution is -0.109. The number of hydrogen-bond donors (Lipinski definition) is 1. The van der Waals surface area contributed by atoms with Crippen LogP contribution in [0, 0.1) is 11.8 Å². The molecule has 1 rings (SSSR count). The van der Waals surface area contributed by atoms with E-state index in [2.05, 4.69) is 25.2 Å². The molecule has 1 amide bonds. The summed E-state index contributed by atoms with van der Waals surface area (Å²) >= 11 is 0. The Morgan fingerprint density at radius 1 is 1.62 bits per heavy atom. The van der Waals surface area contributed by atoms with E-state index in [4.69, 9.17) is 0 Å². The van der Waals surface area contributed by atoms with Gasteiger partial charge in [0.25, 0.3) is 0 Å². The van der Waals surface area contributed by atoms with E-state index >= 15 is 0 Å². The van der Waals surface area contributed by atoms with E-state index in [9.17, 15) is 4.79 Å². The van der Waals surface area contributed by atoms with Gasteiger partial charge in [-0.05, 0) is 31.1 Å². The van der Waals surface area contributed by atoms with E-state index in [-0.39, 0.29) is 0 Å². The first-order chi connectivity index (χ1) is 6.27. The molecule has 1 N–H and O–H groups in total. The van der Waals surface area contributed by atoms with Crippen LogP contribution >= 0.6 is 0 Å². The van der Waals surface area contributed by atoms with Crippen LogP contribution in [0.1, 0.15) is 39.5 Å². The predicted molar refractivity (Wildman–Crippen MR) is 54.1 cm³/mol. The number of nitrogens with one attached hydrogen (secondary N) is 1. The summed E-state index contributed by atoms with van der Waals surface area (Å²) < 4.78 is 0. The molecule has 0 aromatic carbocycles. The van der Waals surface area contributed by atoms with Gasteiger partial charge in [0, 0.05) is 5.70 Å². The first kappa shape index (κ1) is 10.3.